The summed E-state index contributed by atoms with van der Waals surface area (Å²) < 4.78 is 7.08. The molecule has 2 rings (SSSR count). The third-order valence-electron chi connectivity index (χ3n) is 3.19. The van der Waals surface area contributed by atoms with Gasteiger partial charge in [0.2, 0.25) is 5.91 Å². The first kappa shape index (κ1) is 16.3. The van der Waals surface area contributed by atoms with E-state index in [1.165, 1.54) is 0 Å². The Hall–Kier alpha value is -2.11. The molecule has 22 heavy (non-hydrogen) atoms. The summed E-state index contributed by atoms with van der Waals surface area (Å²) in [5, 5.41) is 11.2. The maximum Gasteiger partial charge on any atom is 0.229 e. The molecule has 0 fully saturated rings. The highest BCUT2D eigenvalue weighted by Crippen LogP contribution is 2.23. The summed E-state index contributed by atoms with van der Waals surface area (Å²) in [7, 11) is 0. The average molecular weight is 304 g/mol. The minimum Gasteiger partial charge on any atom is -0.361 e. The molecule has 0 aliphatic rings. The van der Waals surface area contributed by atoms with E-state index in [-0.39, 0.29) is 11.3 Å². The number of carbonyl (C=O) groups excluding carboxylic acids is 1. The van der Waals surface area contributed by atoms with Gasteiger partial charge in [-0.1, -0.05) is 46.7 Å². The van der Waals surface area contributed by atoms with E-state index in [0.29, 0.717) is 12.2 Å². The van der Waals surface area contributed by atoms with E-state index >= 15 is 0 Å². The number of hydrogen-bond donors (Lipinski definition) is 1. The van der Waals surface area contributed by atoms with Crippen LogP contribution in [0.25, 0.3) is 0 Å². The molecule has 1 amide bonds. The van der Waals surface area contributed by atoms with Gasteiger partial charge in [-0.25, -0.2) is 0 Å². The van der Waals surface area contributed by atoms with Crippen molar-refractivity contribution in [1.82, 2.24) is 14.9 Å². The second kappa shape index (κ2) is 5.59. The molecule has 6 heteroatoms. The summed E-state index contributed by atoms with van der Waals surface area (Å²) in [6.07, 6.45) is 3.42. The zero-order valence-electron chi connectivity index (χ0n) is 14.1. The van der Waals surface area contributed by atoms with Gasteiger partial charge in [-0.3, -0.25) is 9.48 Å². The Morgan fingerprint density at radius 2 is 1.95 bits per heavy atom. The van der Waals surface area contributed by atoms with E-state index < -0.39 is 5.41 Å². The molecule has 120 valence electrons. The number of aromatic nitrogens is 3. The fourth-order valence-electron chi connectivity index (χ4n) is 1.74. The van der Waals surface area contributed by atoms with Crippen molar-refractivity contribution in [3.63, 3.8) is 0 Å². The van der Waals surface area contributed by atoms with Gasteiger partial charge in [-0.2, -0.15) is 5.10 Å². The summed E-state index contributed by atoms with van der Waals surface area (Å²) in [6, 6.07) is 1.94. The fraction of sp³-hybridized carbons (Fsp3) is 0.562. The van der Waals surface area contributed by atoms with Crippen LogP contribution in [-0.2, 0) is 16.8 Å². The molecule has 0 saturated carbocycles. The number of nitrogens with zero attached hydrogens (tertiary/aromatic N) is 3. The van der Waals surface area contributed by atoms with Crippen molar-refractivity contribution < 1.29 is 9.32 Å². The van der Waals surface area contributed by atoms with Gasteiger partial charge in [0.05, 0.1) is 18.4 Å². The van der Waals surface area contributed by atoms with Crippen LogP contribution >= 0.6 is 0 Å². The van der Waals surface area contributed by atoms with Crippen molar-refractivity contribution in [2.75, 3.05) is 5.32 Å². The summed E-state index contributed by atoms with van der Waals surface area (Å²) in [5.74, 6) is 0.805. The van der Waals surface area contributed by atoms with Gasteiger partial charge in [-0.05, 0) is 0 Å². The third-order valence-corrected chi connectivity index (χ3v) is 3.19. The Morgan fingerprint density at radius 3 is 2.50 bits per heavy atom. The lowest BCUT2D eigenvalue weighted by Gasteiger charge is -2.16. The van der Waals surface area contributed by atoms with Crippen LogP contribution in [0.5, 0.6) is 0 Å². The quantitative estimate of drug-likeness (QED) is 0.945. The Balaban J connectivity index is 2.03. The molecule has 0 atom stereocenters. The minimum atomic E-state index is -0.435. The minimum absolute atomic E-state index is 0.0384. The molecule has 0 unspecified atom stereocenters. The molecule has 2 heterocycles. The van der Waals surface area contributed by atoms with E-state index in [9.17, 15) is 4.79 Å². The van der Waals surface area contributed by atoms with Crippen LogP contribution in [-0.4, -0.2) is 20.8 Å². The molecular formula is C16H24N4O2. The van der Waals surface area contributed by atoms with Gasteiger partial charge in [0, 0.05) is 23.1 Å². The molecule has 0 saturated heterocycles. The number of rotatable bonds is 3. The highest BCUT2D eigenvalue weighted by molar-refractivity contribution is 5.94. The second-order valence-corrected chi connectivity index (χ2v) is 7.56. The standard InChI is InChI=1S/C16H24N4O2/c1-15(2,3)13-7-11(19-22-13)9-20-10-12(8-17-20)18-14(21)16(4,5)6/h7-8,10H,9H2,1-6H3,(H,18,21). The van der Waals surface area contributed by atoms with Crippen molar-refractivity contribution in [3.05, 3.63) is 29.9 Å². The smallest absolute Gasteiger partial charge is 0.229 e. The van der Waals surface area contributed by atoms with Crippen LogP contribution < -0.4 is 5.32 Å². The van der Waals surface area contributed by atoms with E-state index in [0.717, 1.165) is 11.5 Å². The molecule has 1 N–H and O–H groups in total. The zero-order chi connectivity index (χ0) is 16.5. The number of hydrogen-bond acceptors (Lipinski definition) is 4. The largest absolute Gasteiger partial charge is 0.361 e. The number of amides is 1. The van der Waals surface area contributed by atoms with Crippen LogP contribution in [0.15, 0.2) is 23.0 Å². The first-order valence-corrected chi connectivity index (χ1v) is 7.36. The third kappa shape index (κ3) is 3.96. The van der Waals surface area contributed by atoms with Gasteiger partial charge in [0.1, 0.15) is 11.5 Å². The first-order chi connectivity index (χ1) is 10.1. The van der Waals surface area contributed by atoms with Gasteiger partial charge >= 0.3 is 0 Å². The van der Waals surface area contributed by atoms with Gasteiger partial charge < -0.3 is 9.84 Å². The predicted molar refractivity (Wildman–Crippen MR) is 84.6 cm³/mol. The normalized spacial score (nSPS) is 12.5. The molecular weight excluding hydrogens is 280 g/mol. The predicted octanol–water partition coefficient (Wildman–Crippen LogP) is 3.20. The lowest BCUT2D eigenvalue weighted by molar-refractivity contribution is -0.123. The summed E-state index contributed by atoms with van der Waals surface area (Å²) in [6.45, 7) is 12.3. The maximum absolute atomic E-state index is 11.9. The van der Waals surface area contributed by atoms with E-state index in [1.807, 2.05) is 26.8 Å². The summed E-state index contributed by atoms with van der Waals surface area (Å²) in [5.41, 5.74) is 0.984. The molecule has 6 nitrogen and oxygen atoms in total. The van der Waals surface area contributed by atoms with E-state index in [1.54, 1.807) is 17.1 Å². The number of carbonyl (C=O) groups is 1. The molecule has 2 aromatic rings. The Morgan fingerprint density at radius 1 is 1.27 bits per heavy atom. The van der Waals surface area contributed by atoms with Crippen molar-refractivity contribution in [2.24, 2.45) is 5.41 Å². The molecule has 2 aromatic heterocycles. The van der Waals surface area contributed by atoms with Crippen molar-refractivity contribution in [1.29, 1.82) is 0 Å². The van der Waals surface area contributed by atoms with Crippen LogP contribution in [0.4, 0.5) is 5.69 Å². The Labute approximate surface area is 130 Å². The van der Waals surface area contributed by atoms with Gasteiger partial charge in [0.15, 0.2) is 0 Å². The average Bonchev–Trinajstić information content (AvgIpc) is 2.97. The summed E-state index contributed by atoms with van der Waals surface area (Å²) in [4.78, 5) is 11.9. The van der Waals surface area contributed by atoms with Crippen molar-refractivity contribution in [2.45, 2.75) is 53.5 Å². The van der Waals surface area contributed by atoms with Crippen molar-refractivity contribution in [3.8, 4) is 0 Å². The molecule has 0 radical (unpaired) electrons. The number of nitrogens with one attached hydrogen (secondary N) is 1. The van der Waals surface area contributed by atoms with E-state index in [4.69, 9.17) is 4.52 Å². The van der Waals surface area contributed by atoms with Gasteiger partial charge in [-0.15, -0.1) is 0 Å². The zero-order valence-corrected chi connectivity index (χ0v) is 14.1. The lowest BCUT2D eigenvalue weighted by Crippen LogP contribution is -2.27. The van der Waals surface area contributed by atoms with E-state index in [2.05, 4.69) is 36.3 Å². The van der Waals surface area contributed by atoms with Crippen LogP contribution in [0.3, 0.4) is 0 Å². The monoisotopic (exact) mass is 304 g/mol. The molecule has 0 aliphatic heterocycles. The molecule has 0 aliphatic carbocycles. The maximum atomic E-state index is 11.9. The van der Waals surface area contributed by atoms with Crippen LogP contribution in [0, 0.1) is 5.41 Å². The lowest BCUT2D eigenvalue weighted by atomic mass is 9.93. The van der Waals surface area contributed by atoms with Gasteiger partial charge in [0.25, 0.3) is 0 Å². The van der Waals surface area contributed by atoms with Crippen LogP contribution in [0.1, 0.15) is 53.0 Å². The Kier molecular flexibility index (Phi) is 4.13. The SMILES string of the molecule is CC(C)(C)C(=O)Nc1cnn(Cc2cc(C(C)(C)C)on2)c1. The molecule has 0 spiro atoms. The Bertz CT molecular complexity index is 656. The highest BCUT2D eigenvalue weighted by atomic mass is 16.5. The van der Waals surface area contributed by atoms with Crippen molar-refractivity contribution >= 4 is 11.6 Å². The number of anilines is 1. The fourth-order valence-corrected chi connectivity index (χ4v) is 1.74. The molecule has 0 bridgehead atoms. The first-order valence-electron chi connectivity index (χ1n) is 7.36. The highest BCUT2D eigenvalue weighted by Gasteiger charge is 2.22. The summed E-state index contributed by atoms with van der Waals surface area (Å²) >= 11 is 0. The molecule has 0 aromatic carbocycles. The van der Waals surface area contributed by atoms with Crippen LogP contribution in [0.2, 0.25) is 0 Å². The topological polar surface area (TPSA) is 73.0 Å². The second-order valence-electron chi connectivity index (χ2n) is 7.56.